The van der Waals surface area contributed by atoms with Crippen LogP contribution >= 0.6 is 23.4 Å². The van der Waals surface area contributed by atoms with Gasteiger partial charge in [-0.15, -0.1) is 0 Å². The fourth-order valence-corrected chi connectivity index (χ4v) is 3.58. The number of methoxy groups -OCH3 is 1. The number of hydrogen-bond acceptors (Lipinski definition) is 3. The van der Waals surface area contributed by atoms with Crippen LogP contribution in [0.15, 0.2) is 18.2 Å². The van der Waals surface area contributed by atoms with Crippen molar-refractivity contribution < 1.29 is 9.84 Å². The van der Waals surface area contributed by atoms with Crippen molar-refractivity contribution in [2.45, 2.75) is 24.2 Å². The van der Waals surface area contributed by atoms with Crippen LogP contribution in [-0.4, -0.2) is 23.2 Å². The molecule has 2 rings (SSSR count). The van der Waals surface area contributed by atoms with E-state index in [-0.39, 0.29) is 5.25 Å². The predicted octanol–water partition coefficient (Wildman–Crippen LogP) is 3.06. The van der Waals surface area contributed by atoms with Gasteiger partial charge in [-0.2, -0.15) is 11.8 Å². The first kappa shape index (κ1) is 12.1. The SMILES string of the molecule is COc1ccc(Cl)cc1C1(O)CCSC1C. The lowest BCUT2D eigenvalue weighted by molar-refractivity contribution is 0.0402. The number of halogens is 1. The number of benzene rings is 1. The zero-order valence-corrected chi connectivity index (χ0v) is 10.9. The van der Waals surface area contributed by atoms with E-state index in [9.17, 15) is 5.11 Å². The number of aliphatic hydroxyl groups is 1. The summed E-state index contributed by atoms with van der Waals surface area (Å²) in [6.45, 7) is 2.04. The van der Waals surface area contributed by atoms with Gasteiger partial charge in [0.25, 0.3) is 0 Å². The van der Waals surface area contributed by atoms with E-state index >= 15 is 0 Å². The van der Waals surface area contributed by atoms with Gasteiger partial charge < -0.3 is 9.84 Å². The van der Waals surface area contributed by atoms with Crippen molar-refractivity contribution in [3.63, 3.8) is 0 Å². The van der Waals surface area contributed by atoms with Crippen LogP contribution in [0, 0.1) is 0 Å². The van der Waals surface area contributed by atoms with Crippen molar-refractivity contribution in [3.05, 3.63) is 28.8 Å². The number of hydrogen-bond donors (Lipinski definition) is 1. The minimum atomic E-state index is -0.819. The topological polar surface area (TPSA) is 29.5 Å². The summed E-state index contributed by atoms with van der Waals surface area (Å²) in [5, 5.41) is 11.5. The molecule has 0 radical (unpaired) electrons. The fraction of sp³-hybridized carbons (Fsp3) is 0.500. The molecule has 0 aromatic heterocycles. The fourth-order valence-electron chi connectivity index (χ4n) is 2.10. The van der Waals surface area contributed by atoms with Gasteiger partial charge in [-0.3, -0.25) is 0 Å². The monoisotopic (exact) mass is 258 g/mol. The Morgan fingerprint density at radius 1 is 1.56 bits per heavy atom. The Morgan fingerprint density at radius 3 is 2.88 bits per heavy atom. The van der Waals surface area contributed by atoms with Crippen LogP contribution in [-0.2, 0) is 5.60 Å². The molecule has 0 amide bonds. The maximum Gasteiger partial charge on any atom is 0.125 e. The number of rotatable bonds is 2. The van der Waals surface area contributed by atoms with Crippen LogP contribution in [0.1, 0.15) is 18.9 Å². The van der Waals surface area contributed by atoms with Crippen molar-refractivity contribution in [3.8, 4) is 5.75 Å². The van der Waals surface area contributed by atoms with E-state index in [2.05, 4.69) is 0 Å². The molecule has 0 bridgehead atoms. The van der Waals surface area contributed by atoms with Crippen LogP contribution in [0.2, 0.25) is 5.02 Å². The third kappa shape index (κ3) is 1.92. The molecule has 88 valence electrons. The summed E-state index contributed by atoms with van der Waals surface area (Å²) in [6.07, 6.45) is 0.746. The molecule has 0 aliphatic carbocycles. The number of ether oxygens (including phenoxy) is 1. The first-order chi connectivity index (χ1) is 7.58. The van der Waals surface area contributed by atoms with Gasteiger partial charge in [0, 0.05) is 15.8 Å². The van der Waals surface area contributed by atoms with Crippen molar-refractivity contribution in [2.75, 3.05) is 12.9 Å². The molecule has 1 aromatic rings. The maximum atomic E-state index is 10.7. The molecular weight excluding hydrogens is 244 g/mol. The average molecular weight is 259 g/mol. The van der Waals surface area contributed by atoms with E-state index < -0.39 is 5.60 Å². The van der Waals surface area contributed by atoms with Gasteiger partial charge in [0.2, 0.25) is 0 Å². The van der Waals surface area contributed by atoms with Crippen LogP contribution in [0.3, 0.4) is 0 Å². The Bertz CT molecular complexity index is 397. The van der Waals surface area contributed by atoms with Crippen LogP contribution in [0.5, 0.6) is 5.75 Å². The Balaban J connectivity index is 2.49. The normalized spacial score (nSPS) is 29.4. The minimum absolute atomic E-state index is 0.167. The zero-order chi connectivity index (χ0) is 11.8. The molecule has 2 unspecified atom stereocenters. The van der Waals surface area contributed by atoms with Gasteiger partial charge in [0.15, 0.2) is 0 Å². The predicted molar refractivity (Wildman–Crippen MR) is 68.4 cm³/mol. The van der Waals surface area contributed by atoms with Crippen molar-refractivity contribution >= 4 is 23.4 Å². The van der Waals surface area contributed by atoms with E-state index in [0.29, 0.717) is 10.8 Å². The lowest BCUT2D eigenvalue weighted by Crippen LogP contribution is -2.31. The Morgan fingerprint density at radius 2 is 2.31 bits per heavy atom. The second kappa shape index (κ2) is 4.47. The van der Waals surface area contributed by atoms with E-state index in [4.69, 9.17) is 16.3 Å². The quantitative estimate of drug-likeness (QED) is 0.884. The summed E-state index contributed by atoms with van der Waals surface area (Å²) < 4.78 is 5.30. The summed E-state index contributed by atoms with van der Waals surface area (Å²) in [4.78, 5) is 0. The second-order valence-corrected chi connectivity index (χ2v) is 5.92. The summed E-state index contributed by atoms with van der Waals surface area (Å²) in [5.74, 6) is 1.68. The Labute approximate surface area is 105 Å². The Hall–Kier alpha value is -0.380. The lowest BCUT2D eigenvalue weighted by Gasteiger charge is -2.29. The van der Waals surface area contributed by atoms with Crippen molar-refractivity contribution in [1.29, 1.82) is 0 Å². The van der Waals surface area contributed by atoms with Gasteiger partial charge in [-0.05, 0) is 30.4 Å². The van der Waals surface area contributed by atoms with Gasteiger partial charge in [-0.1, -0.05) is 18.5 Å². The molecule has 1 aliphatic heterocycles. The molecular formula is C12H15ClO2S. The first-order valence-corrected chi connectivity index (χ1v) is 6.68. The molecule has 16 heavy (non-hydrogen) atoms. The van der Waals surface area contributed by atoms with Crippen LogP contribution in [0.4, 0.5) is 0 Å². The van der Waals surface area contributed by atoms with E-state index in [0.717, 1.165) is 17.7 Å². The smallest absolute Gasteiger partial charge is 0.125 e. The van der Waals surface area contributed by atoms with E-state index in [1.165, 1.54) is 0 Å². The summed E-state index contributed by atoms with van der Waals surface area (Å²) in [6, 6.07) is 5.40. The molecule has 0 saturated carbocycles. The van der Waals surface area contributed by atoms with Crippen molar-refractivity contribution in [2.24, 2.45) is 0 Å². The van der Waals surface area contributed by atoms with Crippen molar-refractivity contribution in [1.82, 2.24) is 0 Å². The lowest BCUT2D eigenvalue weighted by atomic mass is 9.88. The summed E-state index contributed by atoms with van der Waals surface area (Å²) >= 11 is 7.76. The third-order valence-corrected chi connectivity index (χ3v) is 4.72. The molecule has 1 N–H and O–H groups in total. The van der Waals surface area contributed by atoms with E-state index in [1.54, 1.807) is 24.9 Å². The van der Waals surface area contributed by atoms with Crippen LogP contribution < -0.4 is 4.74 Å². The highest BCUT2D eigenvalue weighted by Crippen LogP contribution is 2.46. The minimum Gasteiger partial charge on any atom is -0.496 e. The molecule has 2 atom stereocenters. The largest absolute Gasteiger partial charge is 0.496 e. The highest BCUT2D eigenvalue weighted by Gasteiger charge is 2.42. The molecule has 1 saturated heterocycles. The third-order valence-electron chi connectivity index (χ3n) is 3.15. The molecule has 2 nitrogen and oxygen atoms in total. The highest BCUT2D eigenvalue weighted by molar-refractivity contribution is 8.00. The summed E-state index contributed by atoms with van der Waals surface area (Å²) in [5.41, 5.74) is -0.0130. The molecule has 1 aliphatic rings. The first-order valence-electron chi connectivity index (χ1n) is 5.26. The zero-order valence-electron chi connectivity index (χ0n) is 9.37. The Kier molecular flexibility index (Phi) is 3.38. The maximum absolute atomic E-state index is 10.7. The second-order valence-electron chi connectivity index (χ2n) is 4.03. The van der Waals surface area contributed by atoms with Gasteiger partial charge in [0.1, 0.15) is 11.4 Å². The molecule has 4 heteroatoms. The van der Waals surface area contributed by atoms with Gasteiger partial charge in [0.05, 0.1) is 7.11 Å². The summed E-state index contributed by atoms with van der Waals surface area (Å²) in [7, 11) is 1.61. The molecule has 0 spiro atoms. The van der Waals surface area contributed by atoms with Gasteiger partial charge in [-0.25, -0.2) is 0 Å². The molecule has 1 aromatic carbocycles. The van der Waals surface area contributed by atoms with E-state index in [1.807, 2.05) is 19.1 Å². The number of thioether (sulfide) groups is 1. The molecule has 1 heterocycles. The van der Waals surface area contributed by atoms with Crippen LogP contribution in [0.25, 0.3) is 0 Å². The average Bonchev–Trinajstić information content (AvgIpc) is 2.60. The standard InChI is InChI=1S/C12H15ClO2S/c1-8-12(14,5-6-16-8)10-7-9(13)3-4-11(10)15-2/h3-4,7-8,14H,5-6H2,1-2H3. The van der Waals surface area contributed by atoms with Gasteiger partial charge >= 0.3 is 0 Å². The highest BCUT2D eigenvalue weighted by atomic mass is 35.5. The molecule has 1 fully saturated rings.